The smallest absolute Gasteiger partial charge is 0.320 e. The van der Waals surface area contributed by atoms with E-state index in [2.05, 4.69) is 0 Å². The summed E-state index contributed by atoms with van der Waals surface area (Å²) in [6.07, 6.45) is 0.551. The third-order valence-corrected chi connectivity index (χ3v) is 2.01. The molecule has 0 radical (unpaired) electrons. The number of non-ortho nitro benzene ring substituents is 1. The van der Waals surface area contributed by atoms with Gasteiger partial charge in [-0.15, -0.1) is 0 Å². The zero-order valence-corrected chi connectivity index (χ0v) is 10.4. The lowest BCUT2D eigenvalue weighted by Gasteiger charge is -2.07. The van der Waals surface area contributed by atoms with Crippen LogP contribution in [-0.4, -0.2) is 22.0 Å². The highest BCUT2D eigenvalue weighted by Crippen LogP contribution is 2.06. The van der Waals surface area contributed by atoms with E-state index in [1.54, 1.807) is 18.2 Å². The van der Waals surface area contributed by atoms with E-state index in [4.69, 9.17) is 10.8 Å². The Kier molecular flexibility index (Phi) is 7.30. The second-order valence-corrected chi connectivity index (χ2v) is 4.17. The fourth-order valence-corrected chi connectivity index (χ4v) is 1.16. The van der Waals surface area contributed by atoms with Crippen LogP contribution in [0.25, 0.3) is 0 Å². The van der Waals surface area contributed by atoms with Gasteiger partial charge in [-0.2, -0.15) is 0 Å². The first kappa shape index (κ1) is 16.1. The molecule has 0 fully saturated rings. The number of carbonyl (C=O) groups is 1. The van der Waals surface area contributed by atoms with Crippen LogP contribution in [0.1, 0.15) is 20.3 Å². The Bertz CT molecular complexity index is 379. The van der Waals surface area contributed by atoms with Gasteiger partial charge >= 0.3 is 5.97 Å². The van der Waals surface area contributed by atoms with Gasteiger partial charge in [0.15, 0.2) is 0 Å². The molecule has 0 aliphatic heterocycles. The second kappa shape index (κ2) is 8.19. The number of carboxylic acids is 1. The maximum absolute atomic E-state index is 10.1. The van der Waals surface area contributed by atoms with Crippen LogP contribution in [0.4, 0.5) is 5.69 Å². The molecular weight excluding hydrogens is 236 g/mol. The molecule has 1 atom stereocenters. The first-order chi connectivity index (χ1) is 8.34. The molecule has 6 nitrogen and oxygen atoms in total. The molecule has 100 valence electrons. The number of nitro groups is 1. The van der Waals surface area contributed by atoms with E-state index in [1.807, 2.05) is 13.8 Å². The van der Waals surface area contributed by atoms with Crippen LogP contribution in [0, 0.1) is 16.0 Å². The average molecular weight is 254 g/mol. The summed E-state index contributed by atoms with van der Waals surface area (Å²) < 4.78 is 0. The molecule has 1 aromatic carbocycles. The maximum Gasteiger partial charge on any atom is 0.320 e. The number of hydrogen-bond donors (Lipinski definition) is 2. The molecule has 1 rings (SSSR count). The van der Waals surface area contributed by atoms with E-state index in [-0.39, 0.29) is 5.69 Å². The van der Waals surface area contributed by atoms with Crippen molar-refractivity contribution >= 4 is 11.7 Å². The number of rotatable bonds is 4. The number of para-hydroxylation sites is 1. The summed E-state index contributed by atoms with van der Waals surface area (Å²) in [7, 11) is 0. The molecule has 6 heteroatoms. The molecule has 0 bridgehead atoms. The molecule has 0 saturated carbocycles. The van der Waals surface area contributed by atoms with Gasteiger partial charge in [0.2, 0.25) is 0 Å². The Hall–Kier alpha value is -1.95. The van der Waals surface area contributed by atoms with Gasteiger partial charge in [0.25, 0.3) is 5.69 Å². The quantitative estimate of drug-likeness (QED) is 0.631. The number of carboxylic acid groups (broad SMARTS) is 1. The monoisotopic (exact) mass is 254 g/mol. The number of aliphatic carboxylic acids is 1. The Morgan fingerprint density at radius 2 is 1.89 bits per heavy atom. The molecule has 0 aliphatic rings. The molecule has 1 unspecified atom stereocenters. The van der Waals surface area contributed by atoms with Crippen molar-refractivity contribution < 1.29 is 14.8 Å². The van der Waals surface area contributed by atoms with Crippen LogP contribution in [0.15, 0.2) is 30.3 Å². The van der Waals surface area contributed by atoms with Crippen molar-refractivity contribution in [3.05, 3.63) is 40.4 Å². The lowest BCUT2D eigenvalue weighted by atomic mass is 10.1. The van der Waals surface area contributed by atoms with Crippen LogP contribution in [0.3, 0.4) is 0 Å². The maximum atomic E-state index is 10.1. The van der Waals surface area contributed by atoms with Gasteiger partial charge in [-0.3, -0.25) is 14.9 Å². The normalized spacial score (nSPS) is 11.3. The van der Waals surface area contributed by atoms with Crippen molar-refractivity contribution in [3.8, 4) is 0 Å². The molecule has 1 aromatic rings. The van der Waals surface area contributed by atoms with Gasteiger partial charge < -0.3 is 10.8 Å². The zero-order chi connectivity index (χ0) is 14.1. The molecule has 0 spiro atoms. The number of nitrogens with two attached hydrogens (primary N) is 1. The summed E-state index contributed by atoms with van der Waals surface area (Å²) >= 11 is 0. The number of nitro benzene ring substituents is 1. The van der Waals surface area contributed by atoms with E-state index in [9.17, 15) is 14.9 Å². The van der Waals surface area contributed by atoms with Crippen LogP contribution >= 0.6 is 0 Å². The highest BCUT2D eigenvalue weighted by atomic mass is 16.6. The van der Waals surface area contributed by atoms with Crippen molar-refractivity contribution in [1.82, 2.24) is 0 Å². The fourth-order valence-electron chi connectivity index (χ4n) is 1.16. The number of nitrogens with zero attached hydrogens (tertiary/aromatic N) is 1. The minimum Gasteiger partial charge on any atom is -0.480 e. The first-order valence-corrected chi connectivity index (χ1v) is 5.52. The van der Waals surface area contributed by atoms with E-state index in [1.165, 1.54) is 12.1 Å². The van der Waals surface area contributed by atoms with Crippen molar-refractivity contribution in [2.45, 2.75) is 26.3 Å². The molecule has 0 saturated heterocycles. The van der Waals surface area contributed by atoms with Crippen LogP contribution in [-0.2, 0) is 4.79 Å². The van der Waals surface area contributed by atoms with Crippen molar-refractivity contribution in [1.29, 1.82) is 0 Å². The molecule has 18 heavy (non-hydrogen) atoms. The van der Waals surface area contributed by atoms with Crippen molar-refractivity contribution in [3.63, 3.8) is 0 Å². The third kappa shape index (κ3) is 7.34. The third-order valence-electron chi connectivity index (χ3n) is 2.01. The summed E-state index contributed by atoms with van der Waals surface area (Å²) in [6, 6.07) is 7.24. The summed E-state index contributed by atoms with van der Waals surface area (Å²) in [4.78, 5) is 19.7. The largest absolute Gasteiger partial charge is 0.480 e. The molecule has 3 N–H and O–H groups in total. The minimum absolute atomic E-state index is 0.137. The van der Waals surface area contributed by atoms with Gasteiger partial charge in [-0.05, 0) is 12.3 Å². The Morgan fingerprint density at radius 3 is 2.11 bits per heavy atom. The predicted molar refractivity (Wildman–Crippen MR) is 68.2 cm³/mol. The van der Waals surface area contributed by atoms with Crippen molar-refractivity contribution in [2.24, 2.45) is 11.7 Å². The predicted octanol–water partition coefficient (Wildman–Crippen LogP) is 2.04. The Labute approximate surface area is 106 Å². The first-order valence-electron chi connectivity index (χ1n) is 5.52. The Balaban J connectivity index is 0.000000321. The average Bonchev–Trinajstić information content (AvgIpc) is 2.30. The number of hydrogen-bond acceptors (Lipinski definition) is 4. The highest BCUT2D eigenvalue weighted by molar-refractivity contribution is 5.72. The molecule has 0 aromatic heterocycles. The summed E-state index contributed by atoms with van der Waals surface area (Å²) in [5.41, 5.74) is 5.35. The summed E-state index contributed by atoms with van der Waals surface area (Å²) in [5, 5.41) is 18.3. The molecular formula is C12H18N2O4. The van der Waals surface area contributed by atoms with Crippen LogP contribution in [0.5, 0.6) is 0 Å². The van der Waals surface area contributed by atoms with Gasteiger partial charge in [0, 0.05) is 12.1 Å². The summed E-state index contributed by atoms with van der Waals surface area (Å²) in [6.45, 7) is 3.89. The van der Waals surface area contributed by atoms with E-state index in [0.717, 1.165) is 0 Å². The van der Waals surface area contributed by atoms with E-state index in [0.29, 0.717) is 12.3 Å². The molecule has 0 aliphatic carbocycles. The molecule has 0 amide bonds. The van der Waals surface area contributed by atoms with E-state index >= 15 is 0 Å². The second-order valence-electron chi connectivity index (χ2n) is 4.17. The minimum atomic E-state index is -0.913. The van der Waals surface area contributed by atoms with Gasteiger partial charge in [0.05, 0.1) is 4.92 Å². The number of benzene rings is 1. The lowest BCUT2D eigenvalue weighted by molar-refractivity contribution is -0.384. The highest BCUT2D eigenvalue weighted by Gasteiger charge is 2.11. The topological polar surface area (TPSA) is 106 Å². The standard InChI is InChI=1S/C6H5NO2.C6H13NO2/c8-7(9)6-4-2-1-3-5-6;1-4(2)3-5(7)6(8)9/h1-5H;4-5H,3,7H2,1-2H3,(H,8,9). The zero-order valence-electron chi connectivity index (χ0n) is 10.4. The summed E-state index contributed by atoms with van der Waals surface area (Å²) in [5.74, 6) is -0.556. The Morgan fingerprint density at radius 1 is 1.39 bits per heavy atom. The SMILES string of the molecule is CC(C)CC(N)C(=O)O.O=[N+]([O-])c1ccccc1. The molecule has 0 heterocycles. The lowest BCUT2D eigenvalue weighted by Crippen LogP contribution is -2.31. The van der Waals surface area contributed by atoms with Gasteiger partial charge in [-0.25, -0.2) is 0 Å². The van der Waals surface area contributed by atoms with Crippen molar-refractivity contribution in [2.75, 3.05) is 0 Å². The van der Waals surface area contributed by atoms with Crippen LogP contribution in [0.2, 0.25) is 0 Å². The van der Waals surface area contributed by atoms with Crippen LogP contribution < -0.4 is 5.73 Å². The van der Waals surface area contributed by atoms with Gasteiger partial charge in [0.1, 0.15) is 6.04 Å². The fraction of sp³-hybridized carbons (Fsp3) is 0.417. The van der Waals surface area contributed by atoms with Gasteiger partial charge in [-0.1, -0.05) is 32.0 Å². The van der Waals surface area contributed by atoms with E-state index < -0.39 is 16.9 Å².